The lowest BCUT2D eigenvalue weighted by molar-refractivity contribution is 0.0602. The van der Waals surface area contributed by atoms with E-state index in [9.17, 15) is 9.59 Å². The van der Waals surface area contributed by atoms with Crippen LogP contribution in [-0.2, 0) is 11.2 Å². The number of aryl methyl sites for hydroxylation is 1. The number of esters is 1. The Morgan fingerprint density at radius 2 is 1.91 bits per heavy atom. The summed E-state index contributed by atoms with van der Waals surface area (Å²) in [6.45, 7) is 2.11. The molecule has 2 N–H and O–H groups in total. The average molecular weight is 332 g/mol. The lowest BCUT2D eigenvalue weighted by Gasteiger charge is -2.07. The van der Waals surface area contributed by atoms with E-state index in [1.165, 1.54) is 18.4 Å². The highest BCUT2D eigenvalue weighted by atomic mass is 32.1. The molecule has 6 heteroatoms. The first kappa shape index (κ1) is 17.0. The summed E-state index contributed by atoms with van der Waals surface area (Å²) in [6, 6.07) is 10.5. The van der Waals surface area contributed by atoms with Gasteiger partial charge in [0, 0.05) is 10.6 Å². The Morgan fingerprint density at radius 3 is 2.57 bits per heavy atom. The Hall–Kier alpha value is -2.34. The second-order valence-corrected chi connectivity index (χ2v) is 6.13. The molecule has 2 aromatic rings. The third-order valence-corrected chi connectivity index (χ3v) is 4.33. The molecule has 0 aliphatic heterocycles. The number of hydrogen-bond donors (Lipinski definition) is 2. The topological polar surface area (TPSA) is 67.4 Å². The molecule has 0 fully saturated rings. The van der Waals surface area contributed by atoms with Crippen molar-refractivity contribution in [2.75, 3.05) is 17.7 Å². The van der Waals surface area contributed by atoms with E-state index >= 15 is 0 Å². The summed E-state index contributed by atoms with van der Waals surface area (Å²) in [5, 5.41) is 5.98. The van der Waals surface area contributed by atoms with Gasteiger partial charge in [0.1, 0.15) is 5.00 Å². The van der Waals surface area contributed by atoms with Gasteiger partial charge in [-0.05, 0) is 31.0 Å². The minimum absolute atomic E-state index is 0.384. The van der Waals surface area contributed by atoms with Crippen LogP contribution in [0.1, 0.15) is 35.0 Å². The monoisotopic (exact) mass is 332 g/mol. The molecule has 0 aliphatic carbocycles. The molecule has 0 spiro atoms. The van der Waals surface area contributed by atoms with E-state index in [0.29, 0.717) is 16.3 Å². The van der Waals surface area contributed by atoms with Crippen LogP contribution >= 0.6 is 11.3 Å². The fraction of sp³-hybridized carbons (Fsp3) is 0.294. The molecule has 0 radical (unpaired) electrons. The zero-order valence-corrected chi connectivity index (χ0v) is 14.0. The molecule has 2 rings (SSSR count). The van der Waals surface area contributed by atoms with Crippen LogP contribution in [0.3, 0.4) is 0 Å². The quantitative estimate of drug-likeness (QED) is 0.764. The zero-order chi connectivity index (χ0) is 16.7. The summed E-state index contributed by atoms with van der Waals surface area (Å²) >= 11 is 1.41. The lowest BCUT2D eigenvalue weighted by atomic mass is 10.2. The molecule has 0 bridgehead atoms. The maximum absolute atomic E-state index is 12.1. The molecule has 1 aromatic carbocycles. The third kappa shape index (κ3) is 4.82. The van der Waals surface area contributed by atoms with Gasteiger partial charge < -0.3 is 10.1 Å². The summed E-state index contributed by atoms with van der Waals surface area (Å²) in [4.78, 5) is 25.0. The van der Waals surface area contributed by atoms with E-state index in [4.69, 9.17) is 4.74 Å². The highest BCUT2D eigenvalue weighted by Gasteiger charge is 2.18. The molecule has 0 saturated carbocycles. The Bertz CT molecular complexity index is 668. The number of rotatable bonds is 6. The molecule has 0 saturated heterocycles. The van der Waals surface area contributed by atoms with Gasteiger partial charge >= 0.3 is 12.0 Å². The standard InChI is InChI=1S/C17H20N2O3S/c1-3-4-10-13-11-14(16(20)22-2)15(23-13)19-17(21)18-12-8-6-5-7-9-12/h5-9,11H,3-4,10H2,1-2H3,(H2,18,19,21). The Balaban J connectivity index is 2.11. The summed E-state index contributed by atoms with van der Waals surface area (Å²) in [5.41, 5.74) is 1.08. The minimum atomic E-state index is -0.445. The first-order valence-electron chi connectivity index (χ1n) is 7.48. The fourth-order valence-electron chi connectivity index (χ4n) is 2.06. The van der Waals surface area contributed by atoms with E-state index in [1.54, 1.807) is 18.2 Å². The van der Waals surface area contributed by atoms with E-state index in [-0.39, 0.29) is 6.03 Å². The van der Waals surface area contributed by atoms with Crippen molar-refractivity contribution in [2.45, 2.75) is 26.2 Å². The van der Waals surface area contributed by atoms with Crippen LogP contribution in [0.25, 0.3) is 0 Å². The van der Waals surface area contributed by atoms with Crippen LogP contribution in [0.5, 0.6) is 0 Å². The van der Waals surface area contributed by atoms with Gasteiger partial charge in [-0.1, -0.05) is 31.5 Å². The van der Waals surface area contributed by atoms with Gasteiger partial charge in [0.15, 0.2) is 0 Å². The second kappa shape index (κ2) is 8.33. The number of nitrogens with one attached hydrogen (secondary N) is 2. The predicted octanol–water partition coefficient (Wildman–Crippen LogP) is 4.52. The molecule has 5 nitrogen and oxygen atoms in total. The van der Waals surface area contributed by atoms with Crippen LogP contribution in [0.2, 0.25) is 0 Å². The fourth-order valence-corrected chi connectivity index (χ4v) is 3.14. The first-order valence-corrected chi connectivity index (χ1v) is 8.29. The molecule has 2 amide bonds. The third-order valence-electron chi connectivity index (χ3n) is 3.22. The number of ether oxygens (including phenoxy) is 1. The molecule has 23 heavy (non-hydrogen) atoms. The van der Waals surface area contributed by atoms with Crippen molar-refractivity contribution in [1.82, 2.24) is 0 Å². The first-order chi connectivity index (χ1) is 11.1. The Kier molecular flexibility index (Phi) is 6.17. The Labute approximate surface area is 139 Å². The van der Waals surface area contributed by atoms with Crippen LogP contribution in [0.15, 0.2) is 36.4 Å². The molecule has 0 aliphatic rings. The smallest absolute Gasteiger partial charge is 0.340 e. The number of carbonyl (C=O) groups is 2. The molecule has 0 unspecified atom stereocenters. The van der Waals surface area contributed by atoms with Crippen molar-refractivity contribution in [1.29, 1.82) is 0 Å². The van der Waals surface area contributed by atoms with Crippen molar-refractivity contribution < 1.29 is 14.3 Å². The number of anilines is 2. The molecular formula is C17H20N2O3S. The molecule has 1 heterocycles. The number of benzene rings is 1. The van der Waals surface area contributed by atoms with Gasteiger partial charge in [0.05, 0.1) is 12.7 Å². The van der Waals surface area contributed by atoms with E-state index < -0.39 is 5.97 Å². The summed E-state index contributed by atoms with van der Waals surface area (Å²) in [7, 11) is 1.33. The number of unbranched alkanes of at least 4 members (excludes halogenated alkanes) is 1. The lowest BCUT2D eigenvalue weighted by Crippen LogP contribution is -2.20. The van der Waals surface area contributed by atoms with Gasteiger partial charge in [0.2, 0.25) is 0 Å². The number of amides is 2. The maximum atomic E-state index is 12.1. The van der Waals surface area contributed by atoms with E-state index in [1.807, 2.05) is 18.2 Å². The highest BCUT2D eigenvalue weighted by molar-refractivity contribution is 7.16. The van der Waals surface area contributed by atoms with Gasteiger partial charge in [-0.15, -0.1) is 11.3 Å². The molecular weight excluding hydrogens is 312 g/mol. The highest BCUT2D eigenvalue weighted by Crippen LogP contribution is 2.30. The van der Waals surface area contributed by atoms with Crippen molar-refractivity contribution in [2.24, 2.45) is 0 Å². The Morgan fingerprint density at radius 1 is 1.17 bits per heavy atom. The van der Waals surface area contributed by atoms with Gasteiger partial charge in [-0.2, -0.15) is 0 Å². The number of hydrogen-bond acceptors (Lipinski definition) is 4. The normalized spacial score (nSPS) is 10.2. The SMILES string of the molecule is CCCCc1cc(C(=O)OC)c(NC(=O)Nc2ccccc2)s1. The van der Waals surface area contributed by atoms with Crippen molar-refractivity contribution in [3.05, 3.63) is 46.8 Å². The van der Waals surface area contributed by atoms with E-state index in [2.05, 4.69) is 17.6 Å². The van der Waals surface area contributed by atoms with Crippen LogP contribution in [0, 0.1) is 0 Å². The number of methoxy groups -OCH3 is 1. The molecule has 1 aromatic heterocycles. The van der Waals surface area contributed by atoms with Crippen molar-refractivity contribution in [3.63, 3.8) is 0 Å². The number of urea groups is 1. The number of para-hydroxylation sites is 1. The van der Waals surface area contributed by atoms with Crippen LogP contribution in [-0.4, -0.2) is 19.1 Å². The number of carbonyl (C=O) groups excluding carboxylic acids is 2. The van der Waals surface area contributed by atoms with Gasteiger partial charge in [-0.25, -0.2) is 9.59 Å². The average Bonchev–Trinajstić information content (AvgIpc) is 2.95. The summed E-state index contributed by atoms with van der Waals surface area (Å²) in [5.74, 6) is -0.445. The van der Waals surface area contributed by atoms with Crippen molar-refractivity contribution in [3.8, 4) is 0 Å². The summed E-state index contributed by atoms with van der Waals surface area (Å²) in [6.07, 6.45) is 2.99. The van der Waals surface area contributed by atoms with E-state index in [0.717, 1.165) is 24.1 Å². The summed E-state index contributed by atoms with van der Waals surface area (Å²) < 4.78 is 4.79. The number of thiophene rings is 1. The van der Waals surface area contributed by atoms with Crippen LogP contribution in [0.4, 0.5) is 15.5 Å². The predicted molar refractivity (Wildman–Crippen MR) is 93.4 cm³/mol. The zero-order valence-electron chi connectivity index (χ0n) is 13.2. The molecule has 122 valence electrons. The minimum Gasteiger partial charge on any atom is -0.465 e. The van der Waals surface area contributed by atoms with Crippen LogP contribution < -0.4 is 10.6 Å². The maximum Gasteiger partial charge on any atom is 0.340 e. The van der Waals surface area contributed by atoms with Gasteiger partial charge in [-0.3, -0.25) is 5.32 Å². The largest absolute Gasteiger partial charge is 0.465 e. The van der Waals surface area contributed by atoms with Crippen molar-refractivity contribution >= 4 is 34.0 Å². The second-order valence-electron chi connectivity index (χ2n) is 5.00. The van der Waals surface area contributed by atoms with Gasteiger partial charge in [0.25, 0.3) is 0 Å². The molecule has 0 atom stereocenters.